The minimum Gasteiger partial charge on any atom is -0.322 e. The van der Waals surface area contributed by atoms with Gasteiger partial charge < -0.3 is 14.7 Å². The van der Waals surface area contributed by atoms with Crippen molar-refractivity contribution < 1.29 is 14.4 Å². The van der Waals surface area contributed by atoms with Crippen molar-refractivity contribution in [2.45, 2.75) is 57.0 Å². The number of hydrogen-bond donors (Lipinski definition) is 1. The van der Waals surface area contributed by atoms with E-state index < -0.39 is 6.04 Å². The number of benzene rings is 1. The van der Waals surface area contributed by atoms with Crippen LogP contribution in [0, 0.1) is 0 Å². The molecule has 4 heterocycles. The van der Waals surface area contributed by atoms with Crippen LogP contribution < -0.4 is 5.32 Å². The predicted molar refractivity (Wildman–Crippen MR) is 117 cm³/mol. The summed E-state index contributed by atoms with van der Waals surface area (Å²) in [6, 6.07) is 5.69. The summed E-state index contributed by atoms with van der Waals surface area (Å²) in [7, 11) is 0. The number of carbonyl (C=O) groups excluding carboxylic acids is 3. The summed E-state index contributed by atoms with van der Waals surface area (Å²) in [6.07, 6.45) is 5.71. The molecule has 1 aromatic carbocycles. The maximum Gasteiger partial charge on any atom is 0.255 e. The van der Waals surface area contributed by atoms with Crippen LogP contribution in [0.15, 0.2) is 18.2 Å². The summed E-state index contributed by atoms with van der Waals surface area (Å²) in [5, 5.41) is 2.37. The average molecular weight is 425 g/mol. The Morgan fingerprint density at radius 2 is 1.61 bits per heavy atom. The first-order valence-electron chi connectivity index (χ1n) is 11.8. The van der Waals surface area contributed by atoms with Gasteiger partial charge in [-0.3, -0.25) is 19.7 Å². The fourth-order valence-corrected chi connectivity index (χ4v) is 5.63. The molecule has 1 N–H and O–H groups in total. The maximum atomic E-state index is 12.9. The molecule has 4 aliphatic heterocycles. The van der Waals surface area contributed by atoms with Crippen LogP contribution in [-0.4, -0.2) is 77.7 Å². The number of rotatable bonds is 5. The zero-order valence-corrected chi connectivity index (χ0v) is 18.1. The van der Waals surface area contributed by atoms with Crippen molar-refractivity contribution in [1.29, 1.82) is 0 Å². The second-order valence-electron chi connectivity index (χ2n) is 9.48. The van der Waals surface area contributed by atoms with Crippen molar-refractivity contribution in [3.05, 3.63) is 34.9 Å². The number of hydrogen-bond acceptors (Lipinski definition) is 5. The topological polar surface area (TPSA) is 73.0 Å². The van der Waals surface area contributed by atoms with Gasteiger partial charge in [-0.05, 0) is 81.4 Å². The molecule has 7 heteroatoms. The highest BCUT2D eigenvalue weighted by atomic mass is 16.2. The molecule has 1 atom stereocenters. The molecule has 0 spiro atoms. The van der Waals surface area contributed by atoms with Crippen LogP contribution in [0.1, 0.15) is 65.9 Å². The van der Waals surface area contributed by atoms with E-state index in [-0.39, 0.29) is 24.1 Å². The van der Waals surface area contributed by atoms with Gasteiger partial charge in [-0.2, -0.15) is 0 Å². The SMILES string of the molecule is O=C1CCC(N2Cc3cc(C4CCN(CCN5CCCC5)CC4)ccc3C2=O)C(=O)N1. The number of nitrogens with one attached hydrogen (secondary N) is 1. The van der Waals surface area contributed by atoms with Crippen LogP contribution in [0.5, 0.6) is 0 Å². The lowest BCUT2D eigenvalue weighted by Crippen LogP contribution is -2.52. The molecule has 3 fully saturated rings. The van der Waals surface area contributed by atoms with Crippen molar-refractivity contribution >= 4 is 17.7 Å². The minimum absolute atomic E-state index is 0.0900. The zero-order valence-electron chi connectivity index (χ0n) is 18.1. The molecule has 0 aromatic heterocycles. The third-order valence-corrected chi connectivity index (χ3v) is 7.54. The summed E-state index contributed by atoms with van der Waals surface area (Å²) < 4.78 is 0. The highest BCUT2D eigenvalue weighted by Crippen LogP contribution is 2.33. The van der Waals surface area contributed by atoms with E-state index in [1.54, 1.807) is 4.90 Å². The Hall–Kier alpha value is -2.25. The number of imide groups is 1. The summed E-state index contributed by atoms with van der Waals surface area (Å²) >= 11 is 0. The third-order valence-electron chi connectivity index (χ3n) is 7.54. The highest BCUT2D eigenvalue weighted by Gasteiger charge is 2.39. The van der Waals surface area contributed by atoms with Crippen LogP contribution in [-0.2, 0) is 16.1 Å². The molecule has 1 aromatic rings. The van der Waals surface area contributed by atoms with Crippen molar-refractivity contribution in [3.8, 4) is 0 Å². The Morgan fingerprint density at radius 1 is 0.903 bits per heavy atom. The van der Waals surface area contributed by atoms with Crippen LogP contribution in [0.25, 0.3) is 0 Å². The number of fused-ring (bicyclic) bond motifs is 1. The van der Waals surface area contributed by atoms with Crippen molar-refractivity contribution in [2.24, 2.45) is 0 Å². The van der Waals surface area contributed by atoms with E-state index in [4.69, 9.17) is 0 Å². The summed E-state index contributed by atoms with van der Waals surface area (Å²) in [5.41, 5.74) is 3.04. The van der Waals surface area contributed by atoms with Crippen LogP contribution in [0.2, 0.25) is 0 Å². The van der Waals surface area contributed by atoms with Crippen LogP contribution in [0.3, 0.4) is 0 Å². The first kappa shape index (κ1) is 20.6. The monoisotopic (exact) mass is 424 g/mol. The lowest BCUT2D eigenvalue weighted by molar-refractivity contribution is -0.136. The second kappa shape index (κ2) is 8.71. The van der Waals surface area contributed by atoms with Crippen molar-refractivity contribution in [1.82, 2.24) is 20.0 Å². The molecule has 3 amide bonds. The summed E-state index contributed by atoms with van der Waals surface area (Å²) in [5.74, 6) is -0.153. The van der Waals surface area contributed by atoms with E-state index in [0.717, 1.165) is 31.5 Å². The number of amides is 3. The Balaban J connectivity index is 1.19. The van der Waals surface area contributed by atoms with Gasteiger partial charge in [0.15, 0.2) is 0 Å². The smallest absolute Gasteiger partial charge is 0.255 e. The van der Waals surface area contributed by atoms with Gasteiger partial charge in [0.05, 0.1) is 0 Å². The largest absolute Gasteiger partial charge is 0.322 e. The number of carbonyl (C=O) groups is 3. The minimum atomic E-state index is -0.542. The Kier molecular flexibility index (Phi) is 5.80. The van der Waals surface area contributed by atoms with Gasteiger partial charge in [-0.15, -0.1) is 0 Å². The molecule has 0 radical (unpaired) electrons. The zero-order chi connectivity index (χ0) is 21.4. The predicted octanol–water partition coefficient (Wildman–Crippen LogP) is 1.72. The first-order valence-corrected chi connectivity index (χ1v) is 11.8. The Morgan fingerprint density at radius 3 is 2.32 bits per heavy atom. The van der Waals surface area contributed by atoms with Gasteiger partial charge in [-0.1, -0.05) is 12.1 Å². The molecule has 0 saturated carbocycles. The van der Waals surface area contributed by atoms with E-state index in [2.05, 4.69) is 27.2 Å². The number of nitrogens with zero attached hydrogens (tertiary/aromatic N) is 3. The first-order chi connectivity index (χ1) is 15.1. The Bertz CT molecular complexity index is 872. The average Bonchev–Trinajstić information content (AvgIpc) is 3.41. The van der Waals surface area contributed by atoms with E-state index in [9.17, 15) is 14.4 Å². The van der Waals surface area contributed by atoms with Crippen LogP contribution >= 0.6 is 0 Å². The van der Waals surface area contributed by atoms with E-state index in [1.807, 2.05) is 6.07 Å². The normalized spacial score (nSPS) is 25.9. The molecule has 0 bridgehead atoms. The van der Waals surface area contributed by atoms with Gasteiger partial charge in [0.2, 0.25) is 11.8 Å². The molecule has 166 valence electrons. The number of likely N-dealkylation sites (tertiary alicyclic amines) is 2. The van der Waals surface area contributed by atoms with Crippen molar-refractivity contribution in [2.75, 3.05) is 39.3 Å². The van der Waals surface area contributed by atoms with Gasteiger partial charge in [0, 0.05) is 31.6 Å². The van der Waals surface area contributed by atoms with Gasteiger partial charge in [0.1, 0.15) is 6.04 Å². The van der Waals surface area contributed by atoms with E-state index in [0.29, 0.717) is 24.4 Å². The molecule has 31 heavy (non-hydrogen) atoms. The standard InChI is InChI=1S/C24H32N4O3/c29-22-6-5-21(23(30)25-22)28-16-19-15-18(3-4-20(19)24(28)31)17-7-11-27(12-8-17)14-13-26-9-1-2-10-26/h3-4,15,17,21H,1-2,5-14,16H2,(H,25,29,30). The lowest BCUT2D eigenvalue weighted by atomic mass is 9.88. The molecule has 3 saturated heterocycles. The fraction of sp³-hybridized carbons (Fsp3) is 0.625. The third kappa shape index (κ3) is 4.26. The molecule has 7 nitrogen and oxygen atoms in total. The van der Waals surface area contributed by atoms with Gasteiger partial charge in [-0.25, -0.2) is 0 Å². The fourth-order valence-electron chi connectivity index (χ4n) is 5.63. The summed E-state index contributed by atoms with van der Waals surface area (Å²) in [6.45, 7) is 7.63. The van der Waals surface area contributed by atoms with E-state index >= 15 is 0 Å². The molecular formula is C24H32N4O3. The van der Waals surface area contributed by atoms with E-state index in [1.165, 1.54) is 44.6 Å². The van der Waals surface area contributed by atoms with Crippen LogP contribution in [0.4, 0.5) is 0 Å². The molecule has 5 rings (SSSR count). The van der Waals surface area contributed by atoms with Crippen molar-refractivity contribution in [3.63, 3.8) is 0 Å². The molecule has 4 aliphatic rings. The lowest BCUT2D eigenvalue weighted by Gasteiger charge is -2.33. The Labute approximate surface area is 183 Å². The molecule has 1 unspecified atom stereocenters. The van der Waals surface area contributed by atoms with Gasteiger partial charge in [0.25, 0.3) is 5.91 Å². The summed E-state index contributed by atoms with van der Waals surface area (Å²) in [4.78, 5) is 43.4. The quantitative estimate of drug-likeness (QED) is 0.729. The molecule has 0 aliphatic carbocycles. The number of piperidine rings is 2. The maximum absolute atomic E-state index is 12.9. The second-order valence-corrected chi connectivity index (χ2v) is 9.48. The molecular weight excluding hydrogens is 392 g/mol. The van der Waals surface area contributed by atoms with Gasteiger partial charge >= 0.3 is 0 Å². The highest BCUT2D eigenvalue weighted by molar-refractivity contribution is 6.05.